The fraction of sp³-hybridized carbons (Fsp3) is 0.800. The lowest BCUT2D eigenvalue weighted by Crippen LogP contribution is -2.51. The number of amides is 4. The number of hydrogen-bond acceptors (Lipinski definition) is 7. The van der Waals surface area contributed by atoms with E-state index in [4.69, 9.17) is 9.47 Å². The van der Waals surface area contributed by atoms with Gasteiger partial charge in [-0.1, -0.05) is 25.7 Å². The number of rotatable bonds is 10. The third kappa shape index (κ3) is 6.94. The maximum Gasteiger partial charge on any atom is 0.414 e. The van der Waals surface area contributed by atoms with Gasteiger partial charge in [-0.2, -0.15) is 0 Å². The van der Waals surface area contributed by atoms with Gasteiger partial charge in [-0.05, 0) is 32.1 Å². The first-order chi connectivity index (χ1) is 14.3. The number of imide groups is 1. The highest BCUT2D eigenvalue weighted by Gasteiger charge is 2.39. The molecule has 2 aliphatic rings. The van der Waals surface area contributed by atoms with Crippen LogP contribution in [-0.4, -0.2) is 78.4 Å². The van der Waals surface area contributed by atoms with E-state index in [0.29, 0.717) is 36.8 Å². The summed E-state index contributed by atoms with van der Waals surface area (Å²) in [6, 6.07) is -0.780. The summed E-state index contributed by atoms with van der Waals surface area (Å²) < 4.78 is 9.93. The van der Waals surface area contributed by atoms with Crippen LogP contribution in [0.1, 0.15) is 51.9 Å². The summed E-state index contributed by atoms with van der Waals surface area (Å²) in [7, 11) is 1.48. The molecule has 10 nitrogen and oxygen atoms in total. The Morgan fingerprint density at radius 1 is 1.23 bits per heavy atom. The number of alkyl carbamates (subject to hydrolysis) is 1. The van der Waals surface area contributed by atoms with Crippen molar-refractivity contribution in [3.63, 3.8) is 0 Å². The van der Waals surface area contributed by atoms with Crippen molar-refractivity contribution in [2.24, 2.45) is 11.8 Å². The molecule has 0 bridgehead atoms. The quantitative estimate of drug-likeness (QED) is 0.306. The van der Waals surface area contributed by atoms with E-state index in [9.17, 15) is 24.4 Å². The molecule has 0 aromatic rings. The third-order valence-corrected chi connectivity index (χ3v) is 5.74. The largest absolute Gasteiger partial charge is 0.444 e. The first kappa shape index (κ1) is 24.1. The fourth-order valence-corrected chi connectivity index (χ4v) is 4.37. The van der Waals surface area contributed by atoms with Crippen molar-refractivity contribution < 1.29 is 33.9 Å². The predicted octanol–water partition coefficient (Wildman–Crippen LogP) is 1.31. The van der Waals surface area contributed by atoms with Gasteiger partial charge >= 0.3 is 6.09 Å². The summed E-state index contributed by atoms with van der Waals surface area (Å²) in [4.78, 5) is 50.1. The second-order valence-electron chi connectivity index (χ2n) is 8.16. The lowest BCUT2D eigenvalue weighted by molar-refractivity contribution is -0.158. The average Bonchev–Trinajstić information content (AvgIpc) is 3.38. The van der Waals surface area contributed by atoms with Crippen molar-refractivity contribution >= 4 is 24.3 Å². The SMILES string of the molecule is COC[C@H](C)OC(=O)NC(=O)[C@@H]1CCCN1C(=O)[C@H](CC1CCCC1)CN(O)C=O. The molecule has 1 saturated heterocycles. The van der Waals surface area contributed by atoms with E-state index in [2.05, 4.69) is 5.32 Å². The van der Waals surface area contributed by atoms with Gasteiger partial charge in [-0.25, -0.2) is 9.86 Å². The minimum absolute atomic E-state index is 0.111. The molecule has 170 valence electrons. The van der Waals surface area contributed by atoms with Crippen molar-refractivity contribution in [2.75, 3.05) is 26.8 Å². The van der Waals surface area contributed by atoms with Crippen molar-refractivity contribution in [3.8, 4) is 0 Å². The Bertz CT molecular complexity index is 609. The molecule has 0 aromatic carbocycles. The molecular weight excluding hydrogens is 394 g/mol. The number of nitrogens with zero attached hydrogens (tertiary/aromatic N) is 2. The maximum absolute atomic E-state index is 13.2. The first-order valence-corrected chi connectivity index (χ1v) is 10.6. The minimum Gasteiger partial charge on any atom is -0.444 e. The zero-order valence-corrected chi connectivity index (χ0v) is 17.7. The van der Waals surface area contributed by atoms with Gasteiger partial charge in [0.05, 0.1) is 19.1 Å². The van der Waals surface area contributed by atoms with Crippen LogP contribution in [0.25, 0.3) is 0 Å². The highest BCUT2D eigenvalue weighted by atomic mass is 16.6. The fourth-order valence-electron chi connectivity index (χ4n) is 4.37. The van der Waals surface area contributed by atoms with Gasteiger partial charge in [0.2, 0.25) is 12.3 Å². The van der Waals surface area contributed by atoms with Crippen LogP contribution in [0.5, 0.6) is 0 Å². The Labute approximate surface area is 176 Å². The van der Waals surface area contributed by atoms with Gasteiger partial charge < -0.3 is 14.4 Å². The molecule has 2 fully saturated rings. The molecule has 2 rings (SSSR count). The van der Waals surface area contributed by atoms with Crippen molar-refractivity contribution in [1.29, 1.82) is 0 Å². The van der Waals surface area contributed by atoms with Crippen LogP contribution in [0.3, 0.4) is 0 Å². The van der Waals surface area contributed by atoms with E-state index in [1.54, 1.807) is 6.92 Å². The highest BCUT2D eigenvalue weighted by molar-refractivity contribution is 5.97. The van der Waals surface area contributed by atoms with Gasteiger partial charge in [0, 0.05) is 13.7 Å². The normalized spacial score (nSPS) is 21.2. The molecule has 1 aliphatic carbocycles. The number of nitrogens with one attached hydrogen (secondary N) is 1. The zero-order chi connectivity index (χ0) is 22.1. The summed E-state index contributed by atoms with van der Waals surface area (Å²) in [6.07, 6.45) is 4.77. The smallest absolute Gasteiger partial charge is 0.414 e. The van der Waals surface area contributed by atoms with Crippen LogP contribution >= 0.6 is 0 Å². The zero-order valence-electron chi connectivity index (χ0n) is 17.7. The van der Waals surface area contributed by atoms with Crippen LogP contribution in [0.4, 0.5) is 4.79 Å². The molecule has 1 saturated carbocycles. The van der Waals surface area contributed by atoms with Gasteiger partial charge in [0.1, 0.15) is 12.1 Å². The second kappa shape index (κ2) is 11.8. The maximum atomic E-state index is 13.2. The molecule has 3 atom stereocenters. The topological polar surface area (TPSA) is 125 Å². The Balaban J connectivity index is 2.00. The van der Waals surface area contributed by atoms with Crippen LogP contribution in [0.2, 0.25) is 0 Å². The molecule has 1 heterocycles. The summed E-state index contributed by atoms with van der Waals surface area (Å²) in [6.45, 7) is 2.12. The van der Waals surface area contributed by atoms with E-state index in [-0.39, 0.29) is 25.5 Å². The van der Waals surface area contributed by atoms with E-state index in [0.717, 1.165) is 25.7 Å². The summed E-state index contributed by atoms with van der Waals surface area (Å²) in [5.41, 5.74) is 0. The van der Waals surface area contributed by atoms with E-state index >= 15 is 0 Å². The van der Waals surface area contributed by atoms with Gasteiger partial charge in [-0.15, -0.1) is 0 Å². The van der Waals surface area contributed by atoms with Crippen LogP contribution in [0, 0.1) is 11.8 Å². The molecular formula is C20H33N3O7. The number of hydrogen-bond donors (Lipinski definition) is 2. The standard InChI is InChI=1S/C20H33N3O7/c1-14(12-29-2)30-20(27)21-18(25)17-8-5-9-23(17)19(26)16(11-22(28)13-24)10-15-6-3-4-7-15/h13-17,28H,3-12H2,1-2H3,(H,21,25,27)/t14-,16+,17-/m0/s1. The molecule has 0 unspecified atom stereocenters. The molecule has 0 spiro atoms. The number of hydroxylamine groups is 2. The van der Waals surface area contributed by atoms with Gasteiger partial charge in [0.25, 0.3) is 5.91 Å². The van der Waals surface area contributed by atoms with Gasteiger partial charge in [0.15, 0.2) is 0 Å². The number of likely N-dealkylation sites (tertiary alicyclic amines) is 1. The number of ether oxygens (including phenoxy) is 2. The lowest BCUT2D eigenvalue weighted by atomic mass is 9.91. The Kier molecular flexibility index (Phi) is 9.51. The molecule has 4 amide bonds. The summed E-state index contributed by atoms with van der Waals surface area (Å²) >= 11 is 0. The van der Waals surface area contributed by atoms with Crippen molar-refractivity contribution in [2.45, 2.75) is 64.0 Å². The second-order valence-corrected chi connectivity index (χ2v) is 8.16. The molecule has 1 aliphatic heterocycles. The van der Waals surface area contributed by atoms with Crippen molar-refractivity contribution in [1.82, 2.24) is 15.3 Å². The highest BCUT2D eigenvalue weighted by Crippen LogP contribution is 2.32. The van der Waals surface area contributed by atoms with E-state index in [1.807, 2.05) is 0 Å². The molecule has 30 heavy (non-hydrogen) atoms. The Morgan fingerprint density at radius 3 is 2.57 bits per heavy atom. The van der Waals surface area contributed by atoms with Crippen molar-refractivity contribution in [3.05, 3.63) is 0 Å². The predicted molar refractivity (Wildman–Crippen MR) is 105 cm³/mol. The van der Waals surface area contributed by atoms with Crippen LogP contribution < -0.4 is 5.32 Å². The Hall–Kier alpha value is -2.20. The minimum atomic E-state index is -0.881. The van der Waals surface area contributed by atoms with Crippen LogP contribution in [-0.2, 0) is 23.9 Å². The lowest BCUT2D eigenvalue weighted by Gasteiger charge is -2.30. The number of methoxy groups -OCH3 is 1. The monoisotopic (exact) mass is 427 g/mol. The number of carbonyl (C=O) groups excluding carboxylic acids is 4. The Morgan fingerprint density at radius 2 is 1.93 bits per heavy atom. The van der Waals surface area contributed by atoms with E-state index < -0.39 is 30.1 Å². The molecule has 0 aromatic heterocycles. The molecule has 10 heteroatoms. The number of carbonyl (C=O) groups is 4. The molecule has 2 N–H and O–H groups in total. The van der Waals surface area contributed by atoms with Crippen LogP contribution in [0.15, 0.2) is 0 Å². The van der Waals surface area contributed by atoms with E-state index in [1.165, 1.54) is 12.0 Å². The van der Waals surface area contributed by atoms with Gasteiger partial charge in [-0.3, -0.25) is 24.9 Å². The average molecular weight is 427 g/mol. The first-order valence-electron chi connectivity index (χ1n) is 10.6. The summed E-state index contributed by atoms with van der Waals surface area (Å²) in [5.74, 6) is -1.09. The third-order valence-electron chi connectivity index (χ3n) is 5.74. The summed E-state index contributed by atoms with van der Waals surface area (Å²) in [5, 5.41) is 12.3. The molecule has 0 radical (unpaired) electrons.